The standard InChI is InChI=1S/C10H9Cl2NS2/c1-2-5-15-10(14)13-7-3-4-8(11)9(12)6-7/h2-4,6H,1,5H2,(H,13,14). The van der Waals surface area contributed by atoms with Gasteiger partial charge in [0.05, 0.1) is 10.0 Å². The molecule has 0 bridgehead atoms. The van der Waals surface area contributed by atoms with E-state index in [-0.39, 0.29) is 0 Å². The highest BCUT2D eigenvalue weighted by molar-refractivity contribution is 8.23. The second kappa shape index (κ2) is 6.38. The summed E-state index contributed by atoms with van der Waals surface area (Å²) in [5.41, 5.74) is 0.839. The molecule has 0 aliphatic carbocycles. The summed E-state index contributed by atoms with van der Waals surface area (Å²) in [6.07, 6.45) is 1.80. The van der Waals surface area contributed by atoms with E-state index in [0.717, 1.165) is 11.4 Å². The lowest BCUT2D eigenvalue weighted by atomic mass is 10.3. The third-order valence-electron chi connectivity index (χ3n) is 1.50. The van der Waals surface area contributed by atoms with Crippen molar-refractivity contribution >= 4 is 57.2 Å². The third kappa shape index (κ3) is 4.43. The Hall–Kier alpha value is -0.220. The van der Waals surface area contributed by atoms with Crippen molar-refractivity contribution in [3.05, 3.63) is 40.9 Å². The van der Waals surface area contributed by atoms with Gasteiger partial charge in [0, 0.05) is 11.4 Å². The molecule has 0 aliphatic heterocycles. The van der Waals surface area contributed by atoms with Gasteiger partial charge in [-0.15, -0.1) is 6.58 Å². The average molecular weight is 278 g/mol. The molecular formula is C10H9Cl2NS2. The molecule has 0 aliphatic rings. The highest BCUT2D eigenvalue weighted by atomic mass is 35.5. The molecule has 1 N–H and O–H groups in total. The lowest BCUT2D eigenvalue weighted by Gasteiger charge is -2.07. The number of hydrogen-bond donors (Lipinski definition) is 1. The largest absolute Gasteiger partial charge is 0.341 e. The van der Waals surface area contributed by atoms with Gasteiger partial charge in [0.1, 0.15) is 4.32 Å². The number of benzene rings is 1. The Morgan fingerprint density at radius 2 is 2.20 bits per heavy atom. The molecule has 0 saturated carbocycles. The first-order chi connectivity index (χ1) is 7.13. The van der Waals surface area contributed by atoms with Gasteiger partial charge < -0.3 is 5.32 Å². The second-order valence-corrected chi connectivity index (χ2v) is 5.15. The minimum atomic E-state index is 0.512. The van der Waals surface area contributed by atoms with Gasteiger partial charge in [-0.05, 0) is 18.2 Å². The van der Waals surface area contributed by atoms with Crippen molar-refractivity contribution in [2.24, 2.45) is 0 Å². The van der Waals surface area contributed by atoms with E-state index in [0.29, 0.717) is 14.4 Å². The summed E-state index contributed by atoms with van der Waals surface area (Å²) in [7, 11) is 0. The van der Waals surface area contributed by atoms with E-state index in [1.807, 2.05) is 6.07 Å². The number of anilines is 1. The van der Waals surface area contributed by atoms with Crippen LogP contribution in [0.25, 0.3) is 0 Å². The zero-order valence-electron chi connectivity index (χ0n) is 7.80. The molecule has 0 unspecified atom stereocenters. The van der Waals surface area contributed by atoms with Gasteiger partial charge in [-0.1, -0.05) is 53.3 Å². The molecule has 1 aromatic rings. The van der Waals surface area contributed by atoms with E-state index >= 15 is 0 Å². The van der Waals surface area contributed by atoms with Crippen LogP contribution in [0.4, 0.5) is 5.69 Å². The SMILES string of the molecule is C=CCSC(=S)Nc1ccc(Cl)c(Cl)c1. The van der Waals surface area contributed by atoms with E-state index in [1.54, 1.807) is 18.2 Å². The van der Waals surface area contributed by atoms with Gasteiger partial charge in [0.15, 0.2) is 0 Å². The molecule has 0 spiro atoms. The zero-order chi connectivity index (χ0) is 11.3. The van der Waals surface area contributed by atoms with Crippen LogP contribution in [0.5, 0.6) is 0 Å². The molecule has 0 saturated heterocycles. The molecule has 5 heteroatoms. The lowest BCUT2D eigenvalue weighted by molar-refractivity contribution is 1.66. The van der Waals surface area contributed by atoms with Crippen LogP contribution < -0.4 is 5.32 Å². The first kappa shape index (κ1) is 12.8. The highest BCUT2D eigenvalue weighted by Gasteiger charge is 2.01. The van der Waals surface area contributed by atoms with E-state index in [2.05, 4.69) is 11.9 Å². The van der Waals surface area contributed by atoms with Crippen LogP contribution in [0, 0.1) is 0 Å². The summed E-state index contributed by atoms with van der Waals surface area (Å²) in [5.74, 6) is 0.785. The summed E-state index contributed by atoms with van der Waals surface area (Å²) in [6.45, 7) is 3.62. The Bertz CT molecular complexity index is 380. The van der Waals surface area contributed by atoms with Crippen LogP contribution in [0.15, 0.2) is 30.9 Å². The van der Waals surface area contributed by atoms with Crippen molar-refractivity contribution < 1.29 is 0 Å². The molecule has 1 rings (SSSR count). The van der Waals surface area contributed by atoms with Crippen molar-refractivity contribution in [1.29, 1.82) is 0 Å². The minimum Gasteiger partial charge on any atom is -0.341 e. The van der Waals surface area contributed by atoms with Gasteiger partial charge in [0.2, 0.25) is 0 Å². The normalized spacial score (nSPS) is 9.73. The van der Waals surface area contributed by atoms with E-state index in [9.17, 15) is 0 Å². The predicted octanol–water partition coefficient (Wildman–Crippen LogP) is 4.61. The Morgan fingerprint density at radius 3 is 2.80 bits per heavy atom. The third-order valence-corrected chi connectivity index (χ3v) is 3.46. The Kier molecular flexibility index (Phi) is 5.47. The van der Waals surface area contributed by atoms with Crippen LogP contribution in [0.2, 0.25) is 10.0 Å². The van der Waals surface area contributed by atoms with Crippen LogP contribution in [0.1, 0.15) is 0 Å². The number of thiocarbonyl (C=S) groups is 1. The first-order valence-corrected chi connectivity index (χ1v) is 6.28. The maximum Gasteiger partial charge on any atom is 0.138 e. The van der Waals surface area contributed by atoms with Crippen molar-refractivity contribution in [1.82, 2.24) is 0 Å². The Labute approximate surface area is 109 Å². The molecule has 0 heterocycles. The monoisotopic (exact) mass is 277 g/mol. The summed E-state index contributed by atoms with van der Waals surface area (Å²) in [6, 6.07) is 5.30. The summed E-state index contributed by atoms with van der Waals surface area (Å²) < 4.78 is 0.688. The van der Waals surface area contributed by atoms with Crippen molar-refractivity contribution in [2.45, 2.75) is 0 Å². The van der Waals surface area contributed by atoms with Crippen LogP contribution in [-0.4, -0.2) is 10.1 Å². The van der Waals surface area contributed by atoms with Crippen molar-refractivity contribution in [3.63, 3.8) is 0 Å². The van der Waals surface area contributed by atoms with Crippen molar-refractivity contribution in [3.8, 4) is 0 Å². The maximum atomic E-state index is 5.86. The average Bonchev–Trinajstić information content (AvgIpc) is 2.20. The van der Waals surface area contributed by atoms with Gasteiger partial charge >= 0.3 is 0 Å². The molecule has 15 heavy (non-hydrogen) atoms. The molecule has 0 radical (unpaired) electrons. The highest BCUT2D eigenvalue weighted by Crippen LogP contribution is 2.25. The predicted molar refractivity (Wildman–Crippen MR) is 75.3 cm³/mol. The van der Waals surface area contributed by atoms with E-state index in [1.165, 1.54) is 11.8 Å². The first-order valence-electron chi connectivity index (χ1n) is 4.13. The van der Waals surface area contributed by atoms with Gasteiger partial charge in [-0.25, -0.2) is 0 Å². The zero-order valence-corrected chi connectivity index (χ0v) is 10.9. The fourth-order valence-electron chi connectivity index (χ4n) is 0.862. The van der Waals surface area contributed by atoms with E-state index < -0.39 is 0 Å². The molecule has 0 amide bonds. The van der Waals surface area contributed by atoms with Gasteiger partial charge in [0.25, 0.3) is 0 Å². The lowest BCUT2D eigenvalue weighted by Crippen LogP contribution is -2.04. The number of halogens is 2. The van der Waals surface area contributed by atoms with Gasteiger partial charge in [-0.3, -0.25) is 0 Å². The molecule has 0 fully saturated rings. The number of hydrogen-bond acceptors (Lipinski definition) is 2. The second-order valence-electron chi connectivity index (χ2n) is 2.64. The van der Waals surface area contributed by atoms with E-state index in [4.69, 9.17) is 35.4 Å². The Morgan fingerprint density at radius 1 is 1.47 bits per heavy atom. The quantitative estimate of drug-likeness (QED) is 0.640. The topological polar surface area (TPSA) is 12.0 Å². The van der Waals surface area contributed by atoms with Crippen molar-refractivity contribution in [2.75, 3.05) is 11.1 Å². The summed E-state index contributed by atoms with van der Waals surface area (Å²) in [5, 5.41) is 4.09. The maximum absolute atomic E-state index is 5.86. The molecule has 1 aromatic carbocycles. The smallest absolute Gasteiger partial charge is 0.138 e. The van der Waals surface area contributed by atoms with Crippen LogP contribution in [-0.2, 0) is 0 Å². The molecular weight excluding hydrogens is 269 g/mol. The fourth-order valence-corrected chi connectivity index (χ4v) is 1.94. The van der Waals surface area contributed by atoms with Gasteiger partial charge in [-0.2, -0.15) is 0 Å². The number of thioether (sulfide) groups is 1. The summed E-state index contributed by atoms with van der Waals surface area (Å²) >= 11 is 18.3. The molecule has 1 nitrogen and oxygen atoms in total. The number of nitrogens with one attached hydrogen (secondary N) is 1. The molecule has 0 atom stereocenters. The number of rotatable bonds is 3. The molecule has 80 valence electrons. The summed E-state index contributed by atoms with van der Waals surface area (Å²) in [4.78, 5) is 0. The van der Waals surface area contributed by atoms with Crippen LogP contribution in [0.3, 0.4) is 0 Å². The molecule has 0 aromatic heterocycles. The fraction of sp³-hybridized carbons (Fsp3) is 0.100. The van der Waals surface area contributed by atoms with Crippen LogP contribution >= 0.6 is 47.2 Å². The minimum absolute atomic E-state index is 0.512. The Balaban J connectivity index is 2.60.